The van der Waals surface area contributed by atoms with Gasteiger partial charge in [0.2, 0.25) is 0 Å². The second-order valence-electron chi connectivity index (χ2n) is 7.15. The van der Waals surface area contributed by atoms with Crippen LogP contribution in [0.2, 0.25) is 0 Å². The number of carbonyl (C=O) groups is 1. The molecule has 5 aromatic rings. The Hall–Kier alpha value is -4.34. The summed E-state index contributed by atoms with van der Waals surface area (Å²) in [6.45, 7) is 2.39. The first kappa shape index (κ1) is 18.7. The Balaban J connectivity index is 1.44. The third kappa shape index (κ3) is 3.66. The monoisotopic (exact) mass is 414 g/mol. The van der Waals surface area contributed by atoms with E-state index in [2.05, 4.69) is 30.6 Å². The van der Waals surface area contributed by atoms with Gasteiger partial charge in [-0.3, -0.25) is 9.48 Å². The molecule has 1 amide bonds. The number of anilines is 1. The van der Waals surface area contributed by atoms with Crippen LogP contribution in [0.25, 0.3) is 22.4 Å². The van der Waals surface area contributed by atoms with E-state index in [4.69, 9.17) is 4.52 Å². The number of nitrogens with zero attached hydrogens (tertiary/aromatic N) is 7. The molecule has 1 N–H and O–H groups in total. The van der Waals surface area contributed by atoms with E-state index in [-0.39, 0.29) is 5.91 Å². The third-order valence-corrected chi connectivity index (χ3v) is 4.89. The lowest BCUT2D eigenvalue weighted by Crippen LogP contribution is -2.13. The molecule has 0 aliphatic rings. The van der Waals surface area contributed by atoms with Gasteiger partial charge >= 0.3 is 0 Å². The van der Waals surface area contributed by atoms with Gasteiger partial charge in [0, 0.05) is 24.5 Å². The molecule has 0 saturated carbocycles. The summed E-state index contributed by atoms with van der Waals surface area (Å²) in [7, 11) is 1.82. The average Bonchev–Trinajstić information content (AvgIpc) is 3.51. The summed E-state index contributed by atoms with van der Waals surface area (Å²) in [6, 6.07) is 9.31. The minimum absolute atomic E-state index is 0.270. The largest absolute Gasteiger partial charge is 0.335 e. The van der Waals surface area contributed by atoms with Gasteiger partial charge in [0.1, 0.15) is 12.7 Å². The Kier molecular flexibility index (Phi) is 4.51. The minimum atomic E-state index is -0.270. The Labute approximate surface area is 176 Å². The molecule has 0 spiro atoms. The van der Waals surface area contributed by atoms with E-state index < -0.39 is 0 Å². The number of pyridine rings is 1. The lowest BCUT2D eigenvalue weighted by atomic mass is 10.1. The average molecular weight is 414 g/mol. The normalized spacial score (nSPS) is 11.2. The summed E-state index contributed by atoms with van der Waals surface area (Å²) in [5.74, 6) is -0.270. The number of hydrogen-bond acceptors (Lipinski definition) is 7. The van der Waals surface area contributed by atoms with Crippen LogP contribution in [0.5, 0.6) is 0 Å². The van der Waals surface area contributed by atoms with E-state index in [1.807, 2.05) is 37.5 Å². The smallest absolute Gasteiger partial charge is 0.259 e. The highest BCUT2D eigenvalue weighted by molar-refractivity contribution is 6.13. The van der Waals surface area contributed by atoms with Crippen molar-refractivity contribution in [2.45, 2.75) is 13.5 Å². The van der Waals surface area contributed by atoms with Gasteiger partial charge in [-0.25, -0.2) is 14.6 Å². The molecule has 154 valence electrons. The van der Waals surface area contributed by atoms with Gasteiger partial charge in [0.15, 0.2) is 0 Å². The summed E-state index contributed by atoms with van der Waals surface area (Å²) in [5.41, 5.74) is 4.45. The first-order valence-corrected chi connectivity index (χ1v) is 9.55. The fraction of sp³-hybridized carbons (Fsp3) is 0.143. The third-order valence-electron chi connectivity index (χ3n) is 4.89. The number of aryl methyl sites for hydroxylation is 2. The zero-order chi connectivity index (χ0) is 21.4. The molecule has 5 rings (SSSR count). The lowest BCUT2D eigenvalue weighted by Gasteiger charge is -2.09. The van der Waals surface area contributed by atoms with Crippen molar-refractivity contribution in [3.63, 3.8) is 0 Å². The van der Waals surface area contributed by atoms with Gasteiger partial charge in [0.25, 0.3) is 11.6 Å². The Bertz CT molecular complexity index is 1370. The summed E-state index contributed by atoms with van der Waals surface area (Å²) < 4.78 is 8.75. The first-order valence-electron chi connectivity index (χ1n) is 9.55. The molecule has 4 heterocycles. The number of aromatic nitrogens is 7. The van der Waals surface area contributed by atoms with Crippen LogP contribution in [0.4, 0.5) is 5.69 Å². The topological polar surface area (TPSA) is 117 Å². The second kappa shape index (κ2) is 7.48. The van der Waals surface area contributed by atoms with Crippen LogP contribution in [-0.2, 0) is 13.6 Å². The standard InChI is InChI=1S/C21H18N8O2/c1-13-19-17(7-18(26-21(19)31-27-13)15-8-23-28(2)10-15)20(30)25-16-5-3-14(4-6-16)9-29-12-22-11-24-29/h3-8,10-12H,9H2,1-2H3,(H,25,30). The van der Waals surface area contributed by atoms with Crippen molar-refractivity contribution in [3.8, 4) is 11.3 Å². The van der Waals surface area contributed by atoms with E-state index in [1.54, 1.807) is 34.9 Å². The highest BCUT2D eigenvalue weighted by Gasteiger charge is 2.20. The molecule has 0 radical (unpaired) electrons. The maximum Gasteiger partial charge on any atom is 0.259 e. The Morgan fingerprint density at radius 3 is 2.74 bits per heavy atom. The van der Waals surface area contributed by atoms with Gasteiger partial charge in [-0.05, 0) is 30.7 Å². The van der Waals surface area contributed by atoms with Gasteiger partial charge < -0.3 is 9.84 Å². The Morgan fingerprint density at radius 2 is 2.03 bits per heavy atom. The van der Waals surface area contributed by atoms with Crippen molar-refractivity contribution in [2.24, 2.45) is 7.05 Å². The van der Waals surface area contributed by atoms with Crippen molar-refractivity contribution in [2.75, 3.05) is 5.32 Å². The van der Waals surface area contributed by atoms with Gasteiger partial charge in [0.05, 0.1) is 35.1 Å². The predicted octanol–water partition coefficient (Wildman–Crippen LogP) is 2.82. The molecule has 31 heavy (non-hydrogen) atoms. The summed E-state index contributed by atoms with van der Waals surface area (Å²) in [5, 5.41) is 15.8. The summed E-state index contributed by atoms with van der Waals surface area (Å²) >= 11 is 0. The molecular weight excluding hydrogens is 396 g/mol. The quantitative estimate of drug-likeness (QED) is 0.470. The second-order valence-corrected chi connectivity index (χ2v) is 7.15. The van der Waals surface area contributed by atoms with E-state index in [1.165, 1.54) is 6.33 Å². The van der Waals surface area contributed by atoms with Crippen LogP contribution in [-0.4, -0.2) is 40.6 Å². The van der Waals surface area contributed by atoms with Crippen molar-refractivity contribution in [1.29, 1.82) is 0 Å². The maximum absolute atomic E-state index is 13.2. The molecule has 0 unspecified atom stereocenters. The van der Waals surface area contributed by atoms with Crippen molar-refractivity contribution >= 4 is 22.7 Å². The maximum atomic E-state index is 13.2. The molecule has 1 aromatic carbocycles. The number of rotatable bonds is 5. The van der Waals surface area contributed by atoms with Crippen LogP contribution >= 0.6 is 0 Å². The number of amides is 1. The van der Waals surface area contributed by atoms with E-state index >= 15 is 0 Å². The predicted molar refractivity (Wildman–Crippen MR) is 112 cm³/mol. The number of fused-ring (bicyclic) bond motifs is 1. The van der Waals surface area contributed by atoms with E-state index in [0.29, 0.717) is 40.3 Å². The van der Waals surface area contributed by atoms with Crippen molar-refractivity contribution in [3.05, 3.63) is 72.2 Å². The van der Waals surface area contributed by atoms with Crippen molar-refractivity contribution < 1.29 is 9.32 Å². The van der Waals surface area contributed by atoms with Crippen LogP contribution in [0.3, 0.4) is 0 Å². The van der Waals surface area contributed by atoms with Gasteiger partial charge in [-0.15, -0.1) is 0 Å². The number of carbonyl (C=O) groups excluding carboxylic acids is 1. The molecule has 0 fully saturated rings. The van der Waals surface area contributed by atoms with E-state index in [0.717, 1.165) is 11.1 Å². The van der Waals surface area contributed by atoms with Crippen LogP contribution < -0.4 is 5.32 Å². The van der Waals surface area contributed by atoms with Gasteiger partial charge in [-0.2, -0.15) is 10.2 Å². The zero-order valence-corrected chi connectivity index (χ0v) is 16.9. The molecule has 10 nitrogen and oxygen atoms in total. The molecular formula is C21H18N8O2. The molecule has 0 bridgehead atoms. The van der Waals surface area contributed by atoms with E-state index in [9.17, 15) is 4.79 Å². The number of nitrogens with one attached hydrogen (secondary N) is 1. The molecule has 0 aliphatic carbocycles. The highest BCUT2D eigenvalue weighted by atomic mass is 16.5. The van der Waals surface area contributed by atoms with Crippen LogP contribution in [0.15, 0.2) is 59.9 Å². The highest BCUT2D eigenvalue weighted by Crippen LogP contribution is 2.27. The molecule has 0 aliphatic heterocycles. The van der Waals surface area contributed by atoms with Gasteiger partial charge in [-0.1, -0.05) is 17.3 Å². The summed E-state index contributed by atoms with van der Waals surface area (Å²) in [4.78, 5) is 21.6. The zero-order valence-electron chi connectivity index (χ0n) is 16.9. The molecule has 0 atom stereocenters. The molecule has 4 aromatic heterocycles. The summed E-state index contributed by atoms with van der Waals surface area (Å²) in [6.07, 6.45) is 6.67. The van der Waals surface area contributed by atoms with Crippen LogP contribution in [0, 0.1) is 6.92 Å². The Morgan fingerprint density at radius 1 is 1.19 bits per heavy atom. The molecule has 0 saturated heterocycles. The number of benzene rings is 1. The first-order chi connectivity index (χ1) is 15.1. The fourth-order valence-corrected chi connectivity index (χ4v) is 3.37. The molecule has 10 heteroatoms. The number of hydrogen-bond donors (Lipinski definition) is 1. The SMILES string of the molecule is Cc1noc2nc(-c3cnn(C)c3)cc(C(=O)Nc3ccc(Cn4cncn4)cc3)c12. The lowest BCUT2D eigenvalue weighted by molar-refractivity contribution is 0.102. The van der Waals surface area contributed by atoms with Crippen molar-refractivity contribution in [1.82, 2.24) is 34.7 Å². The van der Waals surface area contributed by atoms with Crippen LogP contribution in [0.1, 0.15) is 21.6 Å². The minimum Gasteiger partial charge on any atom is -0.335 e. The fourth-order valence-electron chi connectivity index (χ4n) is 3.37.